The summed E-state index contributed by atoms with van der Waals surface area (Å²) < 4.78 is 5.45. The van der Waals surface area contributed by atoms with E-state index >= 15 is 0 Å². The van der Waals surface area contributed by atoms with Crippen LogP contribution in [0.4, 0.5) is 5.95 Å². The fourth-order valence-corrected chi connectivity index (χ4v) is 2.00. The Kier molecular flexibility index (Phi) is 3.78. The van der Waals surface area contributed by atoms with Gasteiger partial charge in [0, 0.05) is 37.4 Å². The molecule has 1 aromatic heterocycles. The second-order valence-corrected chi connectivity index (χ2v) is 4.38. The SMILES string of the molecule is CCOc1cc(C)nc(N2CCNC(C)C2)n1. The molecule has 0 aromatic carbocycles. The zero-order chi connectivity index (χ0) is 12.3. The van der Waals surface area contributed by atoms with Gasteiger partial charge < -0.3 is 15.0 Å². The van der Waals surface area contributed by atoms with E-state index in [-0.39, 0.29) is 0 Å². The van der Waals surface area contributed by atoms with Gasteiger partial charge in [-0.1, -0.05) is 0 Å². The molecular weight excluding hydrogens is 216 g/mol. The van der Waals surface area contributed by atoms with E-state index in [1.54, 1.807) is 0 Å². The molecule has 2 heterocycles. The summed E-state index contributed by atoms with van der Waals surface area (Å²) in [6.07, 6.45) is 0. The molecule has 0 saturated carbocycles. The fraction of sp³-hybridized carbons (Fsp3) is 0.667. The first-order chi connectivity index (χ1) is 8.19. The molecule has 17 heavy (non-hydrogen) atoms. The van der Waals surface area contributed by atoms with Crippen LogP contribution < -0.4 is 15.0 Å². The predicted molar refractivity (Wildman–Crippen MR) is 67.6 cm³/mol. The van der Waals surface area contributed by atoms with Crippen LogP contribution in [0.1, 0.15) is 19.5 Å². The lowest BCUT2D eigenvalue weighted by molar-refractivity contribution is 0.325. The van der Waals surface area contributed by atoms with E-state index in [1.165, 1.54) is 0 Å². The van der Waals surface area contributed by atoms with Crippen LogP contribution in [-0.4, -0.2) is 42.3 Å². The van der Waals surface area contributed by atoms with Crippen molar-refractivity contribution in [3.05, 3.63) is 11.8 Å². The van der Waals surface area contributed by atoms with Gasteiger partial charge in [-0.25, -0.2) is 4.98 Å². The summed E-state index contributed by atoms with van der Waals surface area (Å²) in [4.78, 5) is 11.1. The Morgan fingerprint density at radius 2 is 2.35 bits per heavy atom. The monoisotopic (exact) mass is 236 g/mol. The molecule has 1 fully saturated rings. The number of rotatable bonds is 3. The van der Waals surface area contributed by atoms with Gasteiger partial charge in [-0.05, 0) is 20.8 Å². The number of piperazine rings is 1. The maximum Gasteiger partial charge on any atom is 0.228 e. The van der Waals surface area contributed by atoms with Gasteiger partial charge >= 0.3 is 0 Å². The zero-order valence-electron chi connectivity index (χ0n) is 10.7. The largest absolute Gasteiger partial charge is 0.478 e. The average Bonchev–Trinajstić information content (AvgIpc) is 2.28. The summed E-state index contributed by atoms with van der Waals surface area (Å²) in [7, 11) is 0. The summed E-state index contributed by atoms with van der Waals surface area (Å²) in [6.45, 7) is 9.60. The van der Waals surface area contributed by atoms with Crippen LogP contribution in [0.3, 0.4) is 0 Å². The second-order valence-electron chi connectivity index (χ2n) is 4.38. The highest BCUT2D eigenvalue weighted by molar-refractivity contribution is 5.35. The highest BCUT2D eigenvalue weighted by Crippen LogP contribution is 2.16. The summed E-state index contributed by atoms with van der Waals surface area (Å²) in [6, 6.07) is 2.35. The first-order valence-electron chi connectivity index (χ1n) is 6.16. The maximum absolute atomic E-state index is 5.45. The lowest BCUT2D eigenvalue weighted by atomic mass is 10.2. The topological polar surface area (TPSA) is 50.3 Å². The minimum absolute atomic E-state index is 0.475. The maximum atomic E-state index is 5.45. The first-order valence-corrected chi connectivity index (χ1v) is 6.16. The van der Waals surface area contributed by atoms with Gasteiger partial charge in [-0.2, -0.15) is 4.98 Å². The summed E-state index contributed by atoms with van der Waals surface area (Å²) >= 11 is 0. The molecule has 0 aliphatic carbocycles. The number of nitrogens with zero attached hydrogens (tertiary/aromatic N) is 3. The Hall–Kier alpha value is -1.36. The third kappa shape index (κ3) is 3.06. The third-order valence-electron chi connectivity index (χ3n) is 2.76. The Morgan fingerprint density at radius 3 is 3.06 bits per heavy atom. The molecule has 0 amide bonds. The summed E-state index contributed by atoms with van der Waals surface area (Å²) in [5.41, 5.74) is 0.949. The number of nitrogens with one attached hydrogen (secondary N) is 1. The summed E-state index contributed by atoms with van der Waals surface area (Å²) in [5.74, 6) is 1.45. The first kappa shape index (κ1) is 12.1. The van der Waals surface area contributed by atoms with Gasteiger partial charge in [0.25, 0.3) is 0 Å². The van der Waals surface area contributed by atoms with Crippen molar-refractivity contribution in [2.24, 2.45) is 0 Å². The number of aromatic nitrogens is 2. The molecule has 1 aromatic rings. The molecule has 0 radical (unpaired) electrons. The molecule has 94 valence electrons. The number of anilines is 1. The van der Waals surface area contributed by atoms with E-state index in [0.29, 0.717) is 18.5 Å². The van der Waals surface area contributed by atoms with E-state index in [2.05, 4.69) is 27.1 Å². The minimum Gasteiger partial charge on any atom is -0.478 e. The van der Waals surface area contributed by atoms with E-state index in [1.807, 2.05) is 19.9 Å². The molecule has 1 aliphatic heterocycles. The van der Waals surface area contributed by atoms with Crippen LogP contribution in [0.2, 0.25) is 0 Å². The van der Waals surface area contributed by atoms with Gasteiger partial charge in [0.15, 0.2) is 0 Å². The fourth-order valence-electron chi connectivity index (χ4n) is 2.00. The van der Waals surface area contributed by atoms with Crippen molar-refractivity contribution in [2.45, 2.75) is 26.8 Å². The lowest BCUT2D eigenvalue weighted by Crippen LogP contribution is -2.49. The van der Waals surface area contributed by atoms with E-state index in [9.17, 15) is 0 Å². The molecule has 1 atom stereocenters. The van der Waals surface area contributed by atoms with Crippen molar-refractivity contribution in [1.29, 1.82) is 0 Å². The van der Waals surface area contributed by atoms with Crippen molar-refractivity contribution in [1.82, 2.24) is 15.3 Å². The van der Waals surface area contributed by atoms with E-state index in [0.717, 1.165) is 31.3 Å². The number of aryl methyl sites for hydroxylation is 1. The molecule has 0 bridgehead atoms. The van der Waals surface area contributed by atoms with Gasteiger partial charge in [0.2, 0.25) is 11.8 Å². The van der Waals surface area contributed by atoms with E-state index < -0.39 is 0 Å². The molecule has 1 unspecified atom stereocenters. The predicted octanol–water partition coefficient (Wildman–Crippen LogP) is 0.982. The lowest BCUT2D eigenvalue weighted by Gasteiger charge is -2.32. The third-order valence-corrected chi connectivity index (χ3v) is 2.76. The van der Waals surface area contributed by atoms with Crippen LogP contribution in [-0.2, 0) is 0 Å². The summed E-state index contributed by atoms with van der Waals surface area (Å²) in [5, 5.41) is 3.41. The van der Waals surface area contributed by atoms with Crippen LogP contribution in [0.15, 0.2) is 6.07 Å². The molecule has 1 N–H and O–H groups in total. The van der Waals surface area contributed by atoms with Crippen LogP contribution in [0, 0.1) is 6.92 Å². The normalized spacial score (nSPS) is 20.4. The van der Waals surface area contributed by atoms with Gasteiger partial charge in [-0.3, -0.25) is 0 Å². The minimum atomic E-state index is 0.475. The highest BCUT2D eigenvalue weighted by Gasteiger charge is 2.18. The van der Waals surface area contributed by atoms with Crippen LogP contribution >= 0.6 is 0 Å². The number of ether oxygens (including phenoxy) is 1. The molecule has 2 rings (SSSR count). The molecular formula is C12H20N4O. The number of hydrogen-bond acceptors (Lipinski definition) is 5. The Balaban J connectivity index is 2.18. The van der Waals surface area contributed by atoms with Crippen molar-refractivity contribution in [2.75, 3.05) is 31.1 Å². The second kappa shape index (κ2) is 5.31. The molecule has 1 saturated heterocycles. The van der Waals surface area contributed by atoms with Gasteiger partial charge in [-0.15, -0.1) is 0 Å². The van der Waals surface area contributed by atoms with Crippen molar-refractivity contribution < 1.29 is 4.74 Å². The average molecular weight is 236 g/mol. The van der Waals surface area contributed by atoms with Crippen molar-refractivity contribution >= 4 is 5.95 Å². The number of hydrogen-bond donors (Lipinski definition) is 1. The van der Waals surface area contributed by atoms with Gasteiger partial charge in [0.05, 0.1) is 6.61 Å². The van der Waals surface area contributed by atoms with Gasteiger partial charge in [0.1, 0.15) is 0 Å². The quantitative estimate of drug-likeness (QED) is 0.848. The molecule has 5 heteroatoms. The van der Waals surface area contributed by atoms with E-state index in [4.69, 9.17) is 4.74 Å². The molecule has 1 aliphatic rings. The standard InChI is InChI=1S/C12H20N4O/c1-4-17-11-7-9(2)14-12(15-11)16-6-5-13-10(3)8-16/h7,10,13H,4-6,8H2,1-3H3. The Morgan fingerprint density at radius 1 is 1.53 bits per heavy atom. The Labute approximate surface area is 102 Å². The van der Waals surface area contributed by atoms with Crippen molar-refractivity contribution in [3.8, 4) is 5.88 Å². The van der Waals surface area contributed by atoms with Crippen LogP contribution in [0.5, 0.6) is 5.88 Å². The highest BCUT2D eigenvalue weighted by atomic mass is 16.5. The van der Waals surface area contributed by atoms with Crippen LogP contribution in [0.25, 0.3) is 0 Å². The van der Waals surface area contributed by atoms with Crippen molar-refractivity contribution in [3.63, 3.8) is 0 Å². The molecule has 0 spiro atoms. The smallest absolute Gasteiger partial charge is 0.228 e. The molecule has 5 nitrogen and oxygen atoms in total. The Bertz CT molecular complexity index is 383. The zero-order valence-corrected chi connectivity index (χ0v) is 10.7.